The maximum absolute atomic E-state index is 5.90. The lowest BCUT2D eigenvalue weighted by atomic mass is 10.1. The van der Waals surface area contributed by atoms with Crippen LogP contribution in [-0.2, 0) is 22.3 Å². The van der Waals surface area contributed by atoms with E-state index in [-0.39, 0.29) is 0 Å². The van der Waals surface area contributed by atoms with E-state index in [2.05, 4.69) is 51.9 Å². The summed E-state index contributed by atoms with van der Waals surface area (Å²) in [6, 6.07) is 6.54. The smallest absolute Gasteiger partial charge is 0.190 e. The van der Waals surface area contributed by atoms with Crippen LogP contribution in [-0.4, -0.2) is 57.0 Å². The van der Waals surface area contributed by atoms with E-state index in [1.54, 1.807) is 0 Å². The van der Waals surface area contributed by atoms with Crippen LogP contribution in [0.5, 0.6) is 0 Å². The molecule has 1 aromatic heterocycles. The van der Waals surface area contributed by atoms with E-state index in [1.165, 1.54) is 22.0 Å². The van der Waals surface area contributed by atoms with Gasteiger partial charge in [-0.1, -0.05) is 25.1 Å². The molecule has 0 spiro atoms. The van der Waals surface area contributed by atoms with Crippen molar-refractivity contribution in [3.8, 4) is 0 Å². The first-order chi connectivity index (χ1) is 13.8. The highest BCUT2D eigenvalue weighted by Crippen LogP contribution is 2.22. The van der Waals surface area contributed by atoms with Crippen LogP contribution in [0.1, 0.15) is 37.3 Å². The Labute approximate surface area is 168 Å². The molecule has 6 nitrogen and oxygen atoms in total. The van der Waals surface area contributed by atoms with Gasteiger partial charge in [0.1, 0.15) is 0 Å². The molecule has 154 valence electrons. The highest BCUT2D eigenvalue weighted by atomic mass is 16.5. The number of nitrogens with one attached hydrogen (secondary N) is 3. The van der Waals surface area contributed by atoms with E-state index < -0.39 is 0 Å². The molecule has 6 heteroatoms. The molecule has 0 amide bonds. The third-order valence-electron chi connectivity index (χ3n) is 5.31. The molecule has 0 aliphatic carbocycles. The quantitative estimate of drug-likeness (QED) is 0.352. The van der Waals surface area contributed by atoms with Crippen molar-refractivity contribution in [2.75, 3.05) is 40.0 Å². The first kappa shape index (κ1) is 20.7. The number of hydrogen-bond acceptors (Lipinski definition) is 3. The number of aliphatic imine (C=N–C) groups is 1. The molecule has 0 atom stereocenters. The number of para-hydroxylation sites is 1. The van der Waals surface area contributed by atoms with Crippen molar-refractivity contribution in [1.29, 1.82) is 0 Å². The third kappa shape index (κ3) is 5.72. The van der Waals surface area contributed by atoms with E-state index >= 15 is 0 Å². The summed E-state index contributed by atoms with van der Waals surface area (Å²) in [4.78, 5) is 7.75. The van der Waals surface area contributed by atoms with Crippen LogP contribution >= 0.6 is 0 Å². The number of aromatic amines is 1. The van der Waals surface area contributed by atoms with Crippen LogP contribution < -0.4 is 10.6 Å². The van der Waals surface area contributed by atoms with E-state index in [9.17, 15) is 0 Å². The summed E-state index contributed by atoms with van der Waals surface area (Å²) >= 11 is 0. The van der Waals surface area contributed by atoms with E-state index in [1.807, 2.05) is 7.05 Å². The number of nitrogens with zero attached hydrogens (tertiary/aromatic N) is 1. The zero-order valence-corrected chi connectivity index (χ0v) is 17.2. The van der Waals surface area contributed by atoms with Gasteiger partial charge in [-0.25, -0.2) is 0 Å². The second kappa shape index (κ2) is 11.1. The number of fused-ring (bicyclic) bond motifs is 1. The molecule has 0 unspecified atom stereocenters. The van der Waals surface area contributed by atoms with Gasteiger partial charge in [0.25, 0.3) is 0 Å². The van der Waals surface area contributed by atoms with Gasteiger partial charge in [0, 0.05) is 57.1 Å². The largest absolute Gasteiger partial charge is 0.381 e. The number of benzene rings is 1. The Hall–Kier alpha value is -2.05. The third-order valence-corrected chi connectivity index (χ3v) is 5.31. The van der Waals surface area contributed by atoms with Gasteiger partial charge in [-0.15, -0.1) is 0 Å². The lowest BCUT2D eigenvalue weighted by molar-refractivity contribution is -0.0320. The van der Waals surface area contributed by atoms with Gasteiger partial charge < -0.3 is 25.1 Å². The Morgan fingerprint density at radius 3 is 2.82 bits per heavy atom. The van der Waals surface area contributed by atoms with Crippen molar-refractivity contribution in [3.05, 3.63) is 35.5 Å². The zero-order chi connectivity index (χ0) is 19.6. The second-order valence-electron chi connectivity index (χ2n) is 7.22. The molecule has 1 saturated heterocycles. The van der Waals surface area contributed by atoms with Gasteiger partial charge in [0.15, 0.2) is 5.96 Å². The molecule has 1 fully saturated rings. The number of rotatable bonds is 9. The molecule has 1 aromatic carbocycles. The highest BCUT2D eigenvalue weighted by molar-refractivity contribution is 5.86. The molecule has 0 bridgehead atoms. The summed E-state index contributed by atoms with van der Waals surface area (Å²) in [5.74, 6) is 0.847. The highest BCUT2D eigenvalue weighted by Gasteiger charge is 2.13. The Morgan fingerprint density at radius 2 is 2.04 bits per heavy atom. The molecule has 0 radical (unpaired) electrons. The Bertz CT molecular complexity index is 750. The number of H-pyrrole nitrogens is 1. The van der Waals surface area contributed by atoms with Crippen LogP contribution in [0.4, 0.5) is 0 Å². The predicted molar refractivity (Wildman–Crippen MR) is 115 cm³/mol. The summed E-state index contributed by atoms with van der Waals surface area (Å²) in [5, 5.41) is 8.11. The van der Waals surface area contributed by atoms with E-state index in [0.29, 0.717) is 6.10 Å². The molecule has 28 heavy (non-hydrogen) atoms. The van der Waals surface area contributed by atoms with Crippen LogP contribution in [0.3, 0.4) is 0 Å². The first-order valence-corrected chi connectivity index (χ1v) is 10.5. The summed E-state index contributed by atoms with van der Waals surface area (Å²) in [6.45, 7) is 6.34. The molecule has 2 heterocycles. The summed E-state index contributed by atoms with van der Waals surface area (Å²) < 4.78 is 11.3. The fourth-order valence-electron chi connectivity index (χ4n) is 3.68. The van der Waals surface area contributed by atoms with Crippen molar-refractivity contribution in [2.45, 2.75) is 45.1 Å². The SMILES string of the molecule is CCc1cccc2c(CCNC(=NC)NCCCOC3CCOCC3)c[nH]c12. The van der Waals surface area contributed by atoms with Crippen molar-refractivity contribution in [3.63, 3.8) is 0 Å². The van der Waals surface area contributed by atoms with Crippen LogP contribution in [0.15, 0.2) is 29.4 Å². The monoisotopic (exact) mass is 386 g/mol. The van der Waals surface area contributed by atoms with Crippen molar-refractivity contribution in [1.82, 2.24) is 15.6 Å². The van der Waals surface area contributed by atoms with Crippen LogP contribution in [0, 0.1) is 0 Å². The molecule has 1 aliphatic heterocycles. The maximum Gasteiger partial charge on any atom is 0.190 e. The zero-order valence-electron chi connectivity index (χ0n) is 17.2. The summed E-state index contributed by atoms with van der Waals surface area (Å²) in [5.41, 5.74) is 3.99. The van der Waals surface area contributed by atoms with Gasteiger partial charge in [-0.2, -0.15) is 0 Å². The van der Waals surface area contributed by atoms with E-state index in [4.69, 9.17) is 9.47 Å². The minimum Gasteiger partial charge on any atom is -0.381 e. The van der Waals surface area contributed by atoms with Crippen molar-refractivity contribution in [2.24, 2.45) is 4.99 Å². The van der Waals surface area contributed by atoms with Gasteiger partial charge in [-0.3, -0.25) is 4.99 Å². The van der Waals surface area contributed by atoms with Gasteiger partial charge in [-0.05, 0) is 43.2 Å². The fourth-order valence-corrected chi connectivity index (χ4v) is 3.68. The van der Waals surface area contributed by atoms with Crippen molar-refractivity contribution >= 4 is 16.9 Å². The number of ether oxygens (including phenoxy) is 2. The minimum atomic E-state index is 0.371. The number of aromatic nitrogens is 1. The van der Waals surface area contributed by atoms with Gasteiger partial charge in [0.2, 0.25) is 0 Å². The topological polar surface area (TPSA) is 70.7 Å². The molecule has 0 saturated carbocycles. The normalized spacial score (nSPS) is 15.9. The van der Waals surface area contributed by atoms with Gasteiger partial charge in [0.05, 0.1) is 6.10 Å². The molecular weight excluding hydrogens is 352 g/mol. The molecule has 3 N–H and O–H groups in total. The standard InChI is InChI=1S/C22H34N4O2/c1-3-17-6-4-7-20-18(16-26-21(17)20)8-12-25-22(23-2)24-11-5-13-28-19-9-14-27-15-10-19/h4,6-7,16,19,26H,3,5,8-15H2,1-2H3,(H2,23,24,25). The van der Waals surface area contributed by atoms with Crippen molar-refractivity contribution < 1.29 is 9.47 Å². The number of guanidine groups is 1. The summed E-state index contributed by atoms with van der Waals surface area (Å²) in [7, 11) is 1.81. The van der Waals surface area contributed by atoms with E-state index in [0.717, 1.165) is 71.0 Å². The number of aryl methyl sites for hydroxylation is 1. The van der Waals surface area contributed by atoms with Crippen LogP contribution in [0.25, 0.3) is 10.9 Å². The summed E-state index contributed by atoms with van der Waals surface area (Å²) in [6.07, 6.45) is 7.52. The van der Waals surface area contributed by atoms with Crippen LogP contribution in [0.2, 0.25) is 0 Å². The first-order valence-electron chi connectivity index (χ1n) is 10.5. The molecule has 3 rings (SSSR count). The molecule has 2 aromatic rings. The lowest BCUT2D eigenvalue weighted by Crippen LogP contribution is -2.39. The molecular formula is C22H34N4O2. The fraction of sp³-hybridized carbons (Fsp3) is 0.591. The maximum atomic E-state index is 5.90. The second-order valence-corrected chi connectivity index (χ2v) is 7.22. The average molecular weight is 387 g/mol. The average Bonchev–Trinajstić information content (AvgIpc) is 3.16. The van der Waals surface area contributed by atoms with Gasteiger partial charge >= 0.3 is 0 Å². The Balaban J connectivity index is 1.35. The number of hydrogen-bond donors (Lipinski definition) is 3. The predicted octanol–water partition coefficient (Wildman–Crippen LogP) is 3.02. The Kier molecular flexibility index (Phi) is 8.18. The minimum absolute atomic E-state index is 0.371. The lowest BCUT2D eigenvalue weighted by Gasteiger charge is -2.22. The molecule has 1 aliphatic rings. The Morgan fingerprint density at radius 1 is 1.21 bits per heavy atom.